The molecule has 1 aromatic heterocycles. The van der Waals surface area contributed by atoms with Gasteiger partial charge in [-0.3, -0.25) is 4.79 Å². The molecule has 0 aromatic carbocycles. The highest BCUT2D eigenvalue weighted by molar-refractivity contribution is 5.79. The van der Waals surface area contributed by atoms with Crippen LogP contribution in [0.2, 0.25) is 0 Å². The van der Waals surface area contributed by atoms with Crippen LogP contribution in [0.5, 0.6) is 0 Å². The van der Waals surface area contributed by atoms with E-state index in [1.54, 1.807) is 0 Å². The van der Waals surface area contributed by atoms with Crippen molar-refractivity contribution in [2.45, 2.75) is 57.5 Å². The number of carbonyl (C=O) groups is 1. The number of piperidine rings is 1. The summed E-state index contributed by atoms with van der Waals surface area (Å²) in [5, 5.41) is 12.3. The molecule has 3 aliphatic rings. The lowest BCUT2D eigenvalue weighted by Gasteiger charge is -2.31. The summed E-state index contributed by atoms with van der Waals surface area (Å²) in [6.45, 7) is 4.42. The zero-order chi connectivity index (χ0) is 14.9. The Hall–Kier alpha value is -1.43. The predicted octanol–water partition coefficient (Wildman–Crippen LogP) is 1.28. The molecule has 1 saturated heterocycles. The van der Waals surface area contributed by atoms with Crippen LogP contribution >= 0.6 is 0 Å². The van der Waals surface area contributed by atoms with E-state index in [9.17, 15) is 4.79 Å². The fourth-order valence-electron chi connectivity index (χ4n) is 4.17. The van der Waals surface area contributed by atoms with E-state index in [0.29, 0.717) is 18.4 Å². The largest absolute Gasteiger partial charge is 0.333 e. The second-order valence-electron chi connectivity index (χ2n) is 6.91. The molecule has 1 atom stereocenters. The number of aromatic nitrogens is 3. The van der Waals surface area contributed by atoms with Crippen LogP contribution in [0.3, 0.4) is 0 Å². The monoisotopic (exact) mass is 303 g/mol. The number of nitrogens with one attached hydrogen (secondary N) is 1. The molecule has 1 unspecified atom stereocenters. The Bertz CT molecular complexity index is 543. The Kier molecular flexibility index (Phi) is 3.86. The molecule has 1 N–H and O–H groups in total. The maximum Gasteiger partial charge on any atom is 0.226 e. The minimum atomic E-state index is 0.261. The molecule has 1 aliphatic carbocycles. The molecule has 22 heavy (non-hydrogen) atoms. The summed E-state index contributed by atoms with van der Waals surface area (Å²) in [7, 11) is 0. The van der Waals surface area contributed by atoms with Crippen LogP contribution in [0.25, 0.3) is 0 Å². The first-order valence-electron chi connectivity index (χ1n) is 8.74. The average Bonchev–Trinajstić information content (AvgIpc) is 3.24. The van der Waals surface area contributed by atoms with Crippen molar-refractivity contribution < 1.29 is 4.79 Å². The number of nitrogens with zero attached hydrogens (tertiary/aromatic N) is 4. The van der Waals surface area contributed by atoms with Crippen molar-refractivity contribution in [3.63, 3.8) is 0 Å². The third-order valence-electron chi connectivity index (χ3n) is 5.46. The molecular weight excluding hydrogens is 278 g/mol. The van der Waals surface area contributed by atoms with Gasteiger partial charge in [0.1, 0.15) is 5.82 Å². The second kappa shape index (κ2) is 5.99. The van der Waals surface area contributed by atoms with Gasteiger partial charge in [-0.15, -0.1) is 10.2 Å². The molecule has 2 fully saturated rings. The van der Waals surface area contributed by atoms with E-state index in [-0.39, 0.29) is 5.92 Å². The maximum atomic E-state index is 12.6. The van der Waals surface area contributed by atoms with E-state index in [0.717, 1.165) is 50.7 Å². The van der Waals surface area contributed by atoms with Gasteiger partial charge < -0.3 is 14.8 Å². The number of amides is 1. The van der Waals surface area contributed by atoms with E-state index >= 15 is 0 Å². The molecule has 1 saturated carbocycles. The smallest absolute Gasteiger partial charge is 0.226 e. The predicted molar refractivity (Wildman–Crippen MR) is 82.2 cm³/mol. The maximum absolute atomic E-state index is 12.6. The van der Waals surface area contributed by atoms with Gasteiger partial charge in [-0.1, -0.05) is 12.8 Å². The third kappa shape index (κ3) is 2.53. The van der Waals surface area contributed by atoms with Gasteiger partial charge in [-0.25, -0.2) is 0 Å². The fourth-order valence-corrected chi connectivity index (χ4v) is 4.17. The Balaban J connectivity index is 1.47. The summed E-state index contributed by atoms with van der Waals surface area (Å²) in [5.41, 5.74) is 0. The molecule has 0 spiro atoms. The van der Waals surface area contributed by atoms with Gasteiger partial charge in [-0.05, 0) is 32.2 Å². The molecule has 3 heterocycles. The van der Waals surface area contributed by atoms with Gasteiger partial charge in [0.25, 0.3) is 0 Å². The molecule has 6 heteroatoms. The number of hydrogen-bond acceptors (Lipinski definition) is 4. The molecule has 1 aromatic rings. The fraction of sp³-hybridized carbons (Fsp3) is 0.812. The summed E-state index contributed by atoms with van der Waals surface area (Å²) in [6, 6.07) is 0. The highest BCUT2D eigenvalue weighted by Gasteiger charge is 2.32. The summed E-state index contributed by atoms with van der Waals surface area (Å²) in [5.74, 6) is 3.17. The minimum absolute atomic E-state index is 0.261. The molecule has 0 radical (unpaired) electrons. The van der Waals surface area contributed by atoms with E-state index < -0.39 is 0 Å². The van der Waals surface area contributed by atoms with Crippen LogP contribution in [0, 0.1) is 5.92 Å². The Labute approximate surface area is 131 Å². The number of rotatable bonds is 2. The second-order valence-corrected chi connectivity index (χ2v) is 6.91. The van der Waals surface area contributed by atoms with Crippen molar-refractivity contribution in [2.75, 3.05) is 19.6 Å². The first-order chi connectivity index (χ1) is 10.8. The Morgan fingerprint density at radius 1 is 1.09 bits per heavy atom. The highest BCUT2D eigenvalue weighted by Crippen LogP contribution is 2.29. The van der Waals surface area contributed by atoms with E-state index in [4.69, 9.17) is 0 Å². The van der Waals surface area contributed by atoms with Crippen LogP contribution in [0.1, 0.15) is 56.1 Å². The molecule has 4 rings (SSSR count). The van der Waals surface area contributed by atoms with Crippen LogP contribution in [-0.4, -0.2) is 45.2 Å². The van der Waals surface area contributed by atoms with Crippen LogP contribution in [0.4, 0.5) is 0 Å². The first-order valence-corrected chi connectivity index (χ1v) is 8.74. The lowest BCUT2D eigenvalue weighted by Crippen LogP contribution is -2.42. The topological polar surface area (TPSA) is 63.1 Å². The van der Waals surface area contributed by atoms with Gasteiger partial charge in [0.15, 0.2) is 5.82 Å². The normalized spacial score (nSPS) is 26.2. The van der Waals surface area contributed by atoms with E-state index in [1.165, 1.54) is 25.7 Å². The Morgan fingerprint density at radius 2 is 1.95 bits per heavy atom. The van der Waals surface area contributed by atoms with Gasteiger partial charge >= 0.3 is 0 Å². The summed E-state index contributed by atoms with van der Waals surface area (Å²) in [4.78, 5) is 14.6. The Morgan fingerprint density at radius 3 is 2.73 bits per heavy atom. The summed E-state index contributed by atoms with van der Waals surface area (Å²) in [6.07, 6.45) is 6.95. The molecule has 1 amide bonds. The standard InChI is InChI=1S/C16H25N5O/c22-16(12-4-1-2-5-12)20-8-9-21-14(11-20)18-19-15(21)13-6-3-7-17-10-13/h12-13,17H,1-11H2. The zero-order valence-corrected chi connectivity index (χ0v) is 13.1. The van der Waals surface area contributed by atoms with Gasteiger partial charge in [0.05, 0.1) is 6.54 Å². The van der Waals surface area contributed by atoms with Crippen molar-refractivity contribution in [2.24, 2.45) is 5.92 Å². The van der Waals surface area contributed by atoms with E-state index in [2.05, 4.69) is 20.1 Å². The van der Waals surface area contributed by atoms with Crippen LogP contribution in [-0.2, 0) is 17.9 Å². The molecule has 0 bridgehead atoms. The third-order valence-corrected chi connectivity index (χ3v) is 5.46. The SMILES string of the molecule is O=C(C1CCCC1)N1CCn2c(nnc2C2CCCNC2)C1. The van der Waals surface area contributed by atoms with Crippen LogP contribution in [0.15, 0.2) is 0 Å². The quantitative estimate of drug-likeness (QED) is 0.894. The van der Waals surface area contributed by atoms with Crippen LogP contribution < -0.4 is 5.32 Å². The van der Waals surface area contributed by atoms with Gasteiger partial charge in [0, 0.05) is 31.5 Å². The van der Waals surface area contributed by atoms with Crippen molar-refractivity contribution >= 4 is 5.91 Å². The number of fused-ring (bicyclic) bond motifs is 1. The minimum Gasteiger partial charge on any atom is -0.333 e. The average molecular weight is 303 g/mol. The zero-order valence-electron chi connectivity index (χ0n) is 13.1. The van der Waals surface area contributed by atoms with Crippen molar-refractivity contribution in [1.29, 1.82) is 0 Å². The summed E-state index contributed by atoms with van der Waals surface area (Å²) >= 11 is 0. The van der Waals surface area contributed by atoms with Crippen molar-refractivity contribution in [3.8, 4) is 0 Å². The van der Waals surface area contributed by atoms with Crippen molar-refractivity contribution in [3.05, 3.63) is 11.6 Å². The highest BCUT2D eigenvalue weighted by atomic mass is 16.2. The molecule has 2 aliphatic heterocycles. The lowest BCUT2D eigenvalue weighted by molar-refractivity contribution is -0.136. The van der Waals surface area contributed by atoms with Gasteiger partial charge in [-0.2, -0.15) is 0 Å². The molecule has 120 valence electrons. The van der Waals surface area contributed by atoms with E-state index in [1.807, 2.05) is 4.90 Å². The number of hydrogen-bond donors (Lipinski definition) is 1. The number of carbonyl (C=O) groups excluding carboxylic acids is 1. The molecular formula is C16H25N5O. The van der Waals surface area contributed by atoms with Crippen molar-refractivity contribution in [1.82, 2.24) is 25.0 Å². The molecule has 6 nitrogen and oxygen atoms in total. The van der Waals surface area contributed by atoms with Gasteiger partial charge in [0.2, 0.25) is 5.91 Å². The summed E-state index contributed by atoms with van der Waals surface area (Å²) < 4.78 is 2.26. The lowest BCUT2D eigenvalue weighted by atomic mass is 9.98. The first kappa shape index (κ1) is 14.2.